The first kappa shape index (κ1) is 27.1. The van der Waals surface area contributed by atoms with E-state index in [0.717, 1.165) is 22.0 Å². The molecule has 206 valence electrons. The van der Waals surface area contributed by atoms with Crippen LogP contribution in [0, 0.1) is 0 Å². The molecule has 9 nitrogen and oxygen atoms in total. The maximum Gasteiger partial charge on any atom is 0.256 e. The summed E-state index contributed by atoms with van der Waals surface area (Å²) < 4.78 is 0. The predicted octanol–water partition coefficient (Wildman–Crippen LogP) is 2.54. The lowest BCUT2D eigenvalue weighted by atomic mass is 10.0. The molecule has 3 aromatic carbocycles. The molecule has 0 spiro atoms. The number of carbonyl (C=O) groups excluding carboxylic acids is 3. The molecule has 40 heavy (non-hydrogen) atoms. The van der Waals surface area contributed by atoms with Gasteiger partial charge < -0.3 is 30.7 Å². The summed E-state index contributed by atoms with van der Waals surface area (Å²) in [6.45, 7) is 0.545. The van der Waals surface area contributed by atoms with Crippen molar-refractivity contribution in [1.82, 2.24) is 20.5 Å². The summed E-state index contributed by atoms with van der Waals surface area (Å²) in [4.78, 5) is 44.8. The van der Waals surface area contributed by atoms with Crippen molar-refractivity contribution in [3.05, 3.63) is 102 Å². The highest BCUT2D eigenvalue weighted by Gasteiger charge is 2.40. The van der Waals surface area contributed by atoms with Crippen molar-refractivity contribution >= 4 is 28.5 Å². The average molecular weight is 541 g/mol. The standard InChI is InChI=1S/C31H32N4O5/c36-22-12-10-20(11-13-22)14-27(29(38)18-32-16-21-6-2-1-3-7-21)34-30(39)28-15-23(37)19-35(28)31(40)25-17-33-26-9-5-4-8-24(25)26/h1-13,17,23,27-28,32-33,36-37H,14-16,18-19H2,(H,34,39)/t23-,27+,28+/m1/s1. The summed E-state index contributed by atoms with van der Waals surface area (Å²) in [7, 11) is 0. The topological polar surface area (TPSA) is 135 Å². The van der Waals surface area contributed by atoms with Gasteiger partial charge in [0.1, 0.15) is 11.8 Å². The minimum atomic E-state index is -0.927. The van der Waals surface area contributed by atoms with Crippen molar-refractivity contribution in [2.75, 3.05) is 13.1 Å². The predicted molar refractivity (Wildman–Crippen MR) is 151 cm³/mol. The van der Waals surface area contributed by atoms with Gasteiger partial charge in [0.15, 0.2) is 5.78 Å². The Hall–Kier alpha value is -4.47. The van der Waals surface area contributed by atoms with Gasteiger partial charge in [0, 0.05) is 36.6 Å². The van der Waals surface area contributed by atoms with E-state index in [1.807, 2.05) is 54.6 Å². The zero-order valence-corrected chi connectivity index (χ0v) is 21.9. The lowest BCUT2D eigenvalue weighted by molar-refractivity contribution is -0.129. The molecular weight excluding hydrogens is 508 g/mol. The maximum absolute atomic E-state index is 13.6. The van der Waals surface area contributed by atoms with Crippen molar-refractivity contribution in [2.45, 2.75) is 37.6 Å². The summed E-state index contributed by atoms with van der Waals surface area (Å²) in [6.07, 6.45) is 1.04. The van der Waals surface area contributed by atoms with E-state index in [4.69, 9.17) is 0 Å². The number of amides is 2. The molecule has 0 aliphatic carbocycles. The van der Waals surface area contributed by atoms with Crippen molar-refractivity contribution in [3.8, 4) is 5.75 Å². The Morgan fingerprint density at radius 2 is 1.68 bits per heavy atom. The van der Waals surface area contributed by atoms with E-state index in [1.165, 1.54) is 17.0 Å². The number of benzene rings is 3. The number of para-hydroxylation sites is 1. The lowest BCUT2D eigenvalue weighted by Crippen LogP contribution is -2.52. The first-order valence-corrected chi connectivity index (χ1v) is 13.3. The SMILES string of the molecule is O=C(CNCc1ccccc1)[C@H](Cc1ccc(O)cc1)NC(=O)[C@@H]1C[C@@H](O)CN1C(=O)c1c[nH]c2ccccc12. The van der Waals surface area contributed by atoms with Crippen LogP contribution in [0.2, 0.25) is 0 Å². The van der Waals surface area contributed by atoms with Gasteiger partial charge in [0.2, 0.25) is 5.91 Å². The van der Waals surface area contributed by atoms with E-state index in [0.29, 0.717) is 12.1 Å². The van der Waals surface area contributed by atoms with Crippen LogP contribution in [0.4, 0.5) is 0 Å². The second kappa shape index (κ2) is 12.1. The van der Waals surface area contributed by atoms with Crippen LogP contribution >= 0.6 is 0 Å². The van der Waals surface area contributed by atoms with Gasteiger partial charge in [0.25, 0.3) is 5.91 Å². The number of rotatable bonds is 10. The minimum Gasteiger partial charge on any atom is -0.508 e. The van der Waals surface area contributed by atoms with Gasteiger partial charge in [-0.25, -0.2) is 0 Å². The minimum absolute atomic E-state index is 0.0195. The third-order valence-electron chi connectivity index (χ3n) is 7.21. The monoisotopic (exact) mass is 540 g/mol. The van der Waals surface area contributed by atoms with Crippen LogP contribution in [0.3, 0.4) is 0 Å². The number of fused-ring (bicyclic) bond motifs is 1. The fraction of sp³-hybridized carbons (Fsp3) is 0.258. The summed E-state index contributed by atoms with van der Waals surface area (Å²) in [5.74, 6) is -0.970. The number of β-amino-alcohol motifs (C(OH)–C–C–N with tert-alkyl or cyclic N) is 1. The number of phenols is 1. The third kappa shape index (κ3) is 6.22. The number of aliphatic hydroxyl groups is 1. The maximum atomic E-state index is 13.6. The highest BCUT2D eigenvalue weighted by Crippen LogP contribution is 2.25. The molecule has 0 radical (unpaired) electrons. The number of nitrogens with zero attached hydrogens (tertiary/aromatic N) is 1. The molecule has 1 aromatic heterocycles. The Kier molecular flexibility index (Phi) is 8.23. The quantitative estimate of drug-likeness (QED) is 0.210. The number of H-pyrrole nitrogens is 1. The van der Waals surface area contributed by atoms with Gasteiger partial charge >= 0.3 is 0 Å². The Bertz CT molecular complexity index is 1480. The molecule has 0 bridgehead atoms. The first-order chi connectivity index (χ1) is 19.4. The molecule has 0 saturated carbocycles. The van der Waals surface area contributed by atoms with E-state index in [1.54, 1.807) is 18.3 Å². The summed E-state index contributed by atoms with van der Waals surface area (Å²) in [5.41, 5.74) is 3.01. The van der Waals surface area contributed by atoms with E-state index >= 15 is 0 Å². The van der Waals surface area contributed by atoms with E-state index < -0.39 is 24.1 Å². The number of aliphatic hydroxyl groups excluding tert-OH is 1. The number of aromatic nitrogens is 1. The van der Waals surface area contributed by atoms with Gasteiger partial charge in [-0.05, 0) is 35.7 Å². The number of aromatic hydroxyl groups is 1. The molecule has 3 atom stereocenters. The van der Waals surface area contributed by atoms with Crippen LogP contribution in [-0.2, 0) is 22.6 Å². The van der Waals surface area contributed by atoms with Gasteiger partial charge in [-0.15, -0.1) is 0 Å². The Balaban J connectivity index is 1.31. The van der Waals surface area contributed by atoms with Crippen LogP contribution in [0.5, 0.6) is 5.75 Å². The molecular formula is C31H32N4O5. The fourth-order valence-electron chi connectivity index (χ4n) is 5.12. The number of likely N-dealkylation sites (tertiary alicyclic amines) is 1. The normalized spacial score (nSPS) is 17.6. The van der Waals surface area contributed by atoms with Crippen LogP contribution < -0.4 is 10.6 Å². The largest absolute Gasteiger partial charge is 0.508 e. The Morgan fingerprint density at radius 3 is 2.45 bits per heavy atom. The second-order valence-electron chi connectivity index (χ2n) is 10.1. The number of ketones is 1. The molecule has 4 aromatic rings. The number of hydrogen-bond acceptors (Lipinski definition) is 6. The van der Waals surface area contributed by atoms with Crippen molar-refractivity contribution in [1.29, 1.82) is 0 Å². The van der Waals surface area contributed by atoms with Crippen LogP contribution in [0.15, 0.2) is 85.1 Å². The number of carbonyl (C=O) groups is 3. The van der Waals surface area contributed by atoms with Crippen LogP contribution in [0.25, 0.3) is 10.9 Å². The number of aromatic amines is 1. The van der Waals surface area contributed by atoms with E-state index in [9.17, 15) is 24.6 Å². The molecule has 2 heterocycles. The number of nitrogens with one attached hydrogen (secondary N) is 3. The zero-order chi connectivity index (χ0) is 28.1. The highest BCUT2D eigenvalue weighted by atomic mass is 16.3. The smallest absolute Gasteiger partial charge is 0.256 e. The number of Topliss-reactive ketones (excluding diaryl/α,β-unsaturated/α-hetero) is 1. The van der Waals surface area contributed by atoms with Gasteiger partial charge in [-0.3, -0.25) is 14.4 Å². The Morgan fingerprint density at radius 1 is 0.950 bits per heavy atom. The third-order valence-corrected chi connectivity index (χ3v) is 7.21. The van der Waals surface area contributed by atoms with Gasteiger partial charge in [-0.2, -0.15) is 0 Å². The lowest BCUT2D eigenvalue weighted by Gasteiger charge is -2.26. The molecule has 1 saturated heterocycles. The van der Waals surface area contributed by atoms with Crippen molar-refractivity contribution in [3.63, 3.8) is 0 Å². The molecule has 0 unspecified atom stereocenters. The van der Waals surface area contributed by atoms with Crippen molar-refractivity contribution in [2.24, 2.45) is 0 Å². The molecule has 2 amide bonds. The second-order valence-corrected chi connectivity index (χ2v) is 10.1. The summed E-state index contributed by atoms with van der Waals surface area (Å²) in [6, 6.07) is 21.7. The molecule has 9 heteroatoms. The van der Waals surface area contributed by atoms with E-state index in [-0.39, 0.29) is 43.4 Å². The summed E-state index contributed by atoms with van der Waals surface area (Å²) in [5, 5.41) is 26.8. The molecule has 1 aliphatic rings. The fourth-order valence-corrected chi connectivity index (χ4v) is 5.12. The molecule has 1 fully saturated rings. The van der Waals surface area contributed by atoms with Crippen LogP contribution in [-0.4, -0.2) is 69.0 Å². The van der Waals surface area contributed by atoms with Gasteiger partial charge in [0.05, 0.1) is 24.3 Å². The van der Waals surface area contributed by atoms with E-state index in [2.05, 4.69) is 15.6 Å². The number of phenolic OH excluding ortho intramolecular Hbond substituents is 1. The zero-order valence-electron chi connectivity index (χ0n) is 21.9. The first-order valence-electron chi connectivity index (χ1n) is 13.3. The van der Waals surface area contributed by atoms with Gasteiger partial charge in [-0.1, -0.05) is 60.7 Å². The molecule has 1 aliphatic heterocycles. The number of hydrogen-bond donors (Lipinski definition) is 5. The molecule has 5 N–H and O–H groups in total. The highest BCUT2D eigenvalue weighted by molar-refractivity contribution is 6.08. The molecule has 5 rings (SSSR count). The Labute approximate surface area is 231 Å². The summed E-state index contributed by atoms with van der Waals surface area (Å²) >= 11 is 0. The van der Waals surface area contributed by atoms with Crippen LogP contribution in [0.1, 0.15) is 27.9 Å². The van der Waals surface area contributed by atoms with Crippen molar-refractivity contribution < 1.29 is 24.6 Å². The average Bonchev–Trinajstić information content (AvgIpc) is 3.58.